The molecule has 1 aliphatic rings. The summed E-state index contributed by atoms with van der Waals surface area (Å²) in [5, 5.41) is 5.13. The Bertz CT molecular complexity index is 1020. The molecule has 0 atom stereocenters. The highest BCUT2D eigenvalue weighted by Crippen LogP contribution is 2.24. The van der Waals surface area contributed by atoms with Gasteiger partial charge in [0.1, 0.15) is 0 Å². The minimum atomic E-state index is -0.152. The van der Waals surface area contributed by atoms with Gasteiger partial charge in [-0.2, -0.15) is 5.10 Å². The quantitative estimate of drug-likeness (QED) is 0.658. The van der Waals surface area contributed by atoms with Gasteiger partial charge in [-0.05, 0) is 37.3 Å². The van der Waals surface area contributed by atoms with Gasteiger partial charge in [0.25, 0.3) is 11.8 Å². The van der Waals surface area contributed by atoms with Crippen molar-refractivity contribution in [3.63, 3.8) is 0 Å². The Morgan fingerprint density at radius 1 is 1.03 bits per heavy atom. The maximum atomic E-state index is 13.0. The van der Waals surface area contributed by atoms with Gasteiger partial charge in [-0.1, -0.05) is 23.7 Å². The van der Waals surface area contributed by atoms with Crippen LogP contribution in [0.3, 0.4) is 0 Å². The van der Waals surface area contributed by atoms with Crippen molar-refractivity contribution in [1.29, 1.82) is 0 Å². The number of amides is 2. The number of piperazine rings is 1. The Labute approximate surface area is 173 Å². The van der Waals surface area contributed by atoms with Crippen molar-refractivity contribution in [3.05, 3.63) is 65.2 Å². The van der Waals surface area contributed by atoms with Gasteiger partial charge >= 0.3 is 0 Å². The molecule has 0 saturated carbocycles. The molecule has 3 aromatic rings. The lowest BCUT2D eigenvalue weighted by Gasteiger charge is -2.33. The molecule has 1 fully saturated rings. The van der Waals surface area contributed by atoms with Crippen LogP contribution < -0.4 is 0 Å². The second-order valence-corrected chi connectivity index (χ2v) is 7.24. The monoisotopic (exact) mass is 412 g/mol. The summed E-state index contributed by atoms with van der Waals surface area (Å²) in [5.41, 5.74) is 2.16. The van der Waals surface area contributed by atoms with Crippen LogP contribution in [0.15, 0.2) is 53.1 Å². The summed E-state index contributed by atoms with van der Waals surface area (Å²) in [4.78, 5) is 28.8. The van der Waals surface area contributed by atoms with Crippen molar-refractivity contribution >= 4 is 23.4 Å². The Kier molecular flexibility index (Phi) is 5.40. The number of halogens is 1. The molecule has 150 valence electrons. The summed E-state index contributed by atoms with van der Waals surface area (Å²) in [6.07, 6.45) is 1.48. The van der Waals surface area contributed by atoms with Gasteiger partial charge < -0.3 is 14.2 Å². The van der Waals surface area contributed by atoms with Crippen LogP contribution in [0.25, 0.3) is 11.3 Å². The average molecular weight is 413 g/mol. The van der Waals surface area contributed by atoms with E-state index in [1.807, 2.05) is 31.2 Å². The number of aryl methyl sites for hydroxylation is 1. The van der Waals surface area contributed by atoms with Gasteiger partial charge in [-0.15, -0.1) is 0 Å². The van der Waals surface area contributed by atoms with Gasteiger partial charge in [0.05, 0.1) is 12.0 Å². The standard InChI is InChI=1S/C21H21ClN4O3/c1-2-26-18(15-5-3-6-16(22)13-15)14-17(23-26)20(27)24-8-10-25(11-9-24)21(28)19-7-4-12-29-19/h3-7,12-14H,2,8-11H2,1H3. The molecule has 0 aliphatic carbocycles. The summed E-state index contributed by atoms with van der Waals surface area (Å²) in [6.45, 7) is 4.45. The van der Waals surface area contributed by atoms with Crippen LogP contribution >= 0.6 is 11.6 Å². The van der Waals surface area contributed by atoms with E-state index in [1.54, 1.807) is 32.7 Å². The molecule has 2 aromatic heterocycles. The summed E-state index contributed by atoms with van der Waals surface area (Å²) >= 11 is 6.11. The molecule has 1 aromatic carbocycles. The lowest BCUT2D eigenvalue weighted by molar-refractivity contribution is 0.0515. The van der Waals surface area contributed by atoms with E-state index in [9.17, 15) is 9.59 Å². The van der Waals surface area contributed by atoms with Gasteiger partial charge in [0.15, 0.2) is 11.5 Å². The van der Waals surface area contributed by atoms with E-state index in [4.69, 9.17) is 16.0 Å². The van der Waals surface area contributed by atoms with E-state index in [-0.39, 0.29) is 11.8 Å². The minimum absolute atomic E-state index is 0.134. The summed E-state index contributed by atoms with van der Waals surface area (Å²) in [6, 6.07) is 12.6. The second kappa shape index (κ2) is 8.13. The molecule has 29 heavy (non-hydrogen) atoms. The number of furan rings is 1. The van der Waals surface area contributed by atoms with Gasteiger partial charge in [-0.25, -0.2) is 0 Å². The van der Waals surface area contributed by atoms with E-state index in [2.05, 4.69) is 5.10 Å². The Hall–Kier alpha value is -3.06. The normalized spacial score (nSPS) is 14.3. The largest absolute Gasteiger partial charge is 0.459 e. The maximum absolute atomic E-state index is 13.0. The molecule has 0 radical (unpaired) electrons. The summed E-state index contributed by atoms with van der Waals surface area (Å²) in [7, 11) is 0. The number of carbonyl (C=O) groups is 2. The van der Waals surface area contributed by atoms with Gasteiger partial charge in [0.2, 0.25) is 0 Å². The fraction of sp³-hybridized carbons (Fsp3) is 0.286. The molecule has 0 N–H and O–H groups in total. The highest BCUT2D eigenvalue weighted by atomic mass is 35.5. The van der Waals surface area contributed by atoms with Crippen LogP contribution in [-0.4, -0.2) is 57.6 Å². The fourth-order valence-electron chi connectivity index (χ4n) is 3.47. The van der Waals surface area contributed by atoms with E-state index in [1.165, 1.54) is 6.26 Å². The third-order valence-electron chi connectivity index (χ3n) is 5.01. The third kappa shape index (κ3) is 3.91. The second-order valence-electron chi connectivity index (χ2n) is 6.80. The highest BCUT2D eigenvalue weighted by Gasteiger charge is 2.28. The van der Waals surface area contributed by atoms with Crippen molar-refractivity contribution in [2.75, 3.05) is 26.2 Å². The van der Waals surface area contributed by atoms with E-state index in [0.717, 1.165) is 11.3 Å². The van der Waals surface area contributed by atoms with Gasteiger partial charge in [0, 0.05) is 43.3 Å². The molecule has 0 unspecified atom stereocenters. The number of nitrogens with zero attached hydrogens (tertiary/aromatic N) is 4. The molecule has 0 spiro atoms. The molecule has 0 bridgehead atoms. The first-order valence-electron chi connectivity index (χ1n) is 9.52. The molecule has 7 nitrogen and oxygen atoms in total. The fourth-order valence-corrected chi connectivity index (χ4v) is 3.66. The Morgan fingerprint density at radius 2 is 1.76 bits per heavy atom. The highest BCUT2D eigenvalue weighted by molar-refractivity contribution is 6.30. The predicted molar refractivity (Wildman–Crippen MR) is 109 cm³/mol. The zero-order valence-electron chi connectivity index (χ0n) is 16.0. The molecule has 1 saturated heterocycles. The van der Waals surface area contributed by atoms with Gasteiger partial charge in [-0.3, -0.25) is 14.3 Å². The van der Waals surface area contributed by atoms with Crippen LogP contribution in [0.5, 0.6) is 0 Å². The Morgan fingerprint density at radius 3 is 2.38 bits per heavy atom. The minimum Gasteiger partial charge on any atom is -0.459 e. The zero-order chi connectivity index (χ0) is 20.4. The Balaban J connectivity index is 1.47. The number of carbonyl (C=O) groups excluding carboxylic acids is 2. The number of rotatable bonds is 4. The van der Waals surface area contributed by atoms with Crippen molar-refractivity contribution < 1.29 is 14.0 Å². The summed E-state index contributed by atoms with van der Waals surface area (Å²) in [5.74, 6) is 0.0313. The molecule has 4 rings (SSSR count). The van der Waals surface area contributed by atoms with Crippen LogP contribution in [0.4, 0.5) is 0 Å². The lowest BCUT2D eigenvalue weighted by atomic mass is 10.1. The molecule has 8 heteroatoms. The van der Waals surface area contributed by atoms with E-state index in [0.29, 0.717) is 49.2 Å². The van der Waals surface area contributed by atoms with Crippen molar-refractivity contribution in [2.24, 2.45) is 0 Å². The first-order valence-corrected chi connectivity index (χ1v) is 9.90. The molecular formula is C21H21ClN4O3. The van der Waals surface area contributed by atoms with E-state index < -0.39 is 0 Å². The van der Waals surface area contributed by atoms with Crippen molar-refractivity contribution in [3.8, 4) is 11.3 Å². The van der Waals surface area contributed by atoms with Crippen LogP contribution in [-0.2, 0) is 6.54 Å². The molecule has 2 amide bonds. The van der Waals surface area contributed by atoms with Crippen LogP contribution in [0.1, 0.15) is 28.0 Å². The SMILES string of the molecule is CCn1nc(C(=O)N2CCN(C(=O)c3ccco3)CC2)cc1-c1cccc(Cl)c1. The van der Waals surface area contributed by atoms with Crippen LogP contribution in [0.2, 0.25) is 5.02 Å². The molecular weight excluding hydrogens is 392 g/mol. The number of benzene rings is 1. The first kappa shape index (κ1) is 19.3. The number of aromatic nitrogens is 2. The van der Waals surface area contributed by atoms with Crippen molar-refractivity contribution in [1.82, 2.24) is 19.6 Å². The third-order valence-corrected chi connectivity index (χ3v) is 5.24. The number of hydrogen-bond donors (Lipinski definition) is 0. The lowest BCUT2D eigenvalue weighted by Crippen LogP contribution is -2.50. The van der Waals surface area contributed by atoms with Crippen molar-refractivity contribution in [2.45, 2.75) is 13.5 Å². The first-order chi connectivity index (χ1) is 14.1. The predicted octanol–water partition coefficient (Wildman–Crippen LogP) is 3.41. The van der Waals surface area contributed by atoms with Crippen LogP contribution in [0, 0.1) is 0 Å². The maximum Gasteiger partial charge on any atom is 0.289 e. The summed E-state index contributed by atoms with van der Waals surface area (Å²) < 4.78 is 6.98. The average Bonchev–Trinajstić information content (AvgIpc) is 3.43. The topological polar surface area (TPSA) is 71.6 Å². The smallest absolute Gasteiger partial charge is 0.289 e. The molecule has 1 aliphatic heterocycles. The van der Waals surface area contributed by atoms with E-state index >= 15 is 0 Å². The molecule has 3 heterocycles. The zero-order valence-corrected chi connectivity index (χ0v) is 16.8. The number of hydrogen-bond acceptors (Lipinski definition) is 4.